The van der Waals surface area contributed by atoms with Gasteiger partial charge in [0.2, 0.25) is 6.04 Å². The summed E-state index contributed by atoms with van der Waals surface area (Å²) < 4.78 is 37.3. The third-order valence-electron chi connectivity index (χ3n) is 6.57. The Morgan fingerprint density at radius 1 is 1.11 bits per heavy atom. The lowest BCUT2D eigenvalue weighted by Crippen LogP contribution is -2.48. The Balaban J connectivity index is 2.02. The highest BCUT2D eigenvalue weighted by Crippen LogP contribution is 2.49. The Bertz CT molecular complexity index is 707. The second-order valence-electron chi connectivity index (χ2n) is 9.81. The lowest BCUT2D eigenvalue weighted by Gasteiger charge is -2.37. The smallest absolute Gasteiger partial charge is 0.259 e. The van der Waals surface area contributed by atoms with Crippen molar-refractivity contribution in [2.24, 2.45) is 5.92 Å². The van der Waals surface area contributed by atoms with Crippen molar-refractivity contribution in [3.05, 3.63) is 10.1 Å². The number of ether oxygens (including phenoxy) is 4. The molecule has 1 saturated carbocycles. The van der Waals surface area contributed by atoms with E-state index in [9.17, 15) is 10.1 Å². The Labute approximate surface area is 217 Å². The number of methoxy groups -OCH3 is 2. The minimum atomic E-state index is -1.46. The van der Waals surface area contributed by atoms with Gasteiger partial charge in [0.05, 0.1) is 56.5 Å². The van der Waals surface area contributed by atoms with Crippen molar-refractivity contribution in [2.75, 3.05) is 34.0 Å². The zero-order chi connectivity index (χ0) is 26.8. The fourth-order valence-electron chi connectivity index (χ4n) is 4.87. The van der Waals surface area contributed by atoms with E-state index in [-0.39, 0.29) is 73.9 Å². The monoisotopic (exact) mass is 529 g/mol. The quantitative estimate of drug-likeness (QED) is 0.103. The Hall–Kier alpha value is -0.895. The van der Waals surface area contributed by atoms with Crippen LogP contribution in [0.4, 0.5) is 0 Å². The second kappa shape index (κ2) is 15.5. The summed E-state index contributed by atoms with van der Waals surface area (Å²) in [4.78, 5) is 11.4. The van der Waals surface area contributed by atoms with Gasteiger partial charge in [-0.15, -0.1) is 0 Å². The van der Waals surface area contributed by atoms with Crippen LogP contribution in [0.15, 0.2) is 0 Å². The standard InChI is InChI=1S/C23H41BN3O8P/c1-15(2)26(16(3)4)36(33-9-7-8-25)35-21-12-23(24)34-22(21)14-32-13-17-10-19(30-5)20(31-6)11-18(17)27(28)29/h15-23H,7,9-14H2,1-6H3/t17?,18?,19?,20?,21?,22-,23-,36?/m1/s1. The fraction of sp³-hybridized carbons (Fsp3) is 0.957. The SMILES string of the molecule is [B][C@H]1CC(OP(OCCC#N)N(C(C)C)C(C)C)[C@@H](COCC2CC(OC)C(OC)CC2[N+](=O)[O-])O1. The first-order valence-corrected chi connectivity index (χ1v) is 13.7. The molecule has 2 rings (SSSR count). The maximum atomic E-state index is 11.7. The Kier molecular flexibility index (Phi) is 13.5. The van der Waals surface area contributed by atoms with E-state index in [0.29, 0.717) is 12.8 Å². The van der Waals surface area contributed by atoms with Crippen molar-refractivity contribution in [1.29, 1.82) is 5.26 Å². The number of hydrogen-bond acceptors (Lipinski definition) is 10. The van der Waals surface area contributed by atoms with E-state index in [1.807, 2.05) is 0 Å². The van der Waals surface area contributed by atoms with Crippen LogP contribution in [0.25, 0.3) is 0 Å². The van der Waals surface area contributed by atoms with Crippen molar-refractivity contribution in [1.82, 2.24) is 4.67 Å². The molecule has 204 valence electrons. The summed E-state index contributed by atoms with van der Waals surface area (Å²) in [5, 5.41) is 20.6. The highest BCUT2D eigenvalue weighted by molar-refractivity contribution is 7.44. The van der Waals surface area contributed by atoms with E-state index in [2.05, 4.69) is 38.4 Å². The van der Waals surface area contributed by atoms with Crippen LogP contribution in [0.3, 0.4) is 0 Å². The van der Waals surface area contributed by atoms with Gasteiger partial charge in [0, 0.05) is 43.7 Å². The van der Waals surface area contributed by atoms with Crippen LogP contribution in [0, 0.1) is 27.4 Å². The highest BCUT2D eigenvalue weighted by atomic mass is 31.2. The zero-order valence-electron chi connectivity index (χ0n) is 22.3. The molecular weight excluding hydrogens is 488 g/mol. The Morgan fingerprint density at radius 2 is 1.75 bits per heavy atom. The second-order valence-corrected chi connectivity index (χ2v) is 11.2. The Morgan fingerprint density at radius 3 is 2.31 bits per heavy atom. The number of nitro groups is 1. The summed E-state index contributed by atoms with van der Waals surface area (Å²) >= 11 is 0. The number of nitrogens with zero attached hydrogens (tertiary/aromatic N) is 3. The number of hydrogen-bond donors (Lipinski definition) is 0. The fourth-order valence-corrected chi connectivity index (χ4v) is 6.63. The molecule has 36 heavy (non-hydrogen) atoms. The van der Waals surface area contributed by atoms with Crippen molar-refractivity contribution >= 4 is 16.4 Å². The molecule has 0 aromatic rings. The molecule has 0 N–H and O–H groups in total. The van der Waals surface area contributed by atoms with Gasteiger partial charge in [0.25, 0.3) is 8.53 Å². The molecule has 0 bridgehead atoms. The lowest BCUT2D eigenvalue weighted by atomic mass is 9.81. The van der Waals surface area contributed by atoms with Crippen LogP contribution in [0.2, 0.25) is 0 Å². The molecule has 0 spiro atoms. The maximum absolute atomic E-state index is 11.7. The third-order valence-corrected chi connectivity index (χ3v) is 8.73. The van der Waals surface area contributed by atoms with Crippen molar-refractivity contribution < 1.29 is 32.9 Å². The van der Waals surface area contributed by atoms with Crippen LogP contribution < -0.4 is 0 Å². The van der Waals surface area contributed by atoms with Crippen LogP contribution in [-0.2, 0) is 28.0 Å². The molecule has 6 unspecified atom stereocenters. The van der Waals surface area contributed by atoms with Crippen molar-refractivity contribution in [3.8, 4) is 6.07 Å². The van der Waals surface area contributed by atoms with Gasteiger partial charge in [0.15, 0.2) is 0 Å². The van der Waals surface area contributed by atoms with Gasteiger partial charge in [-0.3, -0.25) is 10.1 Å². The zero-order valence-corrected chi connectivity index (χ0v) is 23.2. The van der Waals surface area contributed by atoms with E-state index in [1.165, 1.54) is 0 Å². The van der Waals surface area contributed by atoms with Gasteiger partial charge in [-0.1, -0.05) is 0 Å². The summed E-state index contributed by atoms with van der Waals surface area (Å²) in [6.07, 6.45) is 0.146. The van der Waals surface area contributed by atoms with Gasteiger partial charge < -0.3 is 28.0 Å². The molecule has 1 heterocycles. The molecule has 2 aliphatic rings. The average molecular weight is 529 g/mol. The van der Waals surface area contributed by atoms with Gasteiger partial charge in [-0.25, -0.2) is 4.67 Å². The highest BCUT2D eigenvalue weighted by Gasteiger charge is 2.45. The van der Waals surface area contributed by atoms with Crippen molar-refractivity contribution in [2.45, 2.75) is 102 Å². The maximum Gasteiger partial charge on any atom is 0.259 e. The molecule has 2 radical (unpaired) electrons. The molecule has 1 aliphatic heterocycles. The molecule has 13 heteroatoms. The molecular formula is C23H41BN3O8P. The predicted octanol–water partition coefficient (Wildman–Crippen LogP) is 3.03. The van der Waals surface area contributed by atoms with Gasteiger partial charge in [-0.05, 0) is 40.5 Å². The summed E-state index contributed by atoms with van der Waals surface area (Å²) in [6.45, 7) is 8.94. The topological polar surface area (TPSA) is 126 Å². The first-order chi connectivity index (χ1) is 17.1. The summed E-state index contributed by atoms with van der Waals surface area (Å²) in [5.41, 5.74) is 0. The molecule has 2 fully saturated rings. The molecule has 11 nitrogen and oxygen atoms in total. The van der Waals surface area contributed by atoms with E-state index < -0.39 is 26.7 Å². The summed E-state index contributed by atoms with van der Waals surface area (Å²) in [7, 11) is 7.76. The first-order valence-electron chi connectivity index (χ1n) is 12.6. The van der Waals surface area contributed by atoms with Gasteiger partial charge in [-0.2, -0.15) is 5.26 Å². The largest absolute Gasteiger partial charge is 0.380 e. The minimum absolute atomic E-state index is 0.166. The molecule has 0 amide bonds. The van der Waals surface area contributed by atoms with Crippen LogP contribution in [0.5, 0.6) is 0 Å². The third kappa shape index (κ3) is 8.85. The lowest BCUT2D eigenvalue weighted by molar-refractivity contribution is -0.540. The normalized spacial score (nSPS) is 31.7. The summed E-state index contributed by atoms with van der Waals surface area (Å²) in [6, 6.07) is 1.15. The first kappa shape index (κ1) is 31.3. The van der Waals surface area contributed by atoms with Crippen LogP contribution in [0.1, 0.15) is 53.4 Å². The molecule has 8 atom stereocenters. The van der Waals surface area contributed by atoms with Crippen LogP contribution in [-0.4, -0.2) is 100 Å². The predicted molar refractivity (Wildman–Crippen MR) is 135 cm³/mol. The molecule has 1 saturated heterocycles. The van der Waals surface area contributed by atoms with Crippen molar-refractivity contribution in [3.63, 3.8) is 0 Å². The minimum Gasteiger partial charge on any atom is -0.380 e. The molecule has 0 aromatic heterocycles. The number of nitriles is 1. The molecule has 1 aliphatic carbocycles. The number of rotatable bonds is 15. The van der Waals surface area contributed by atoms with E-state index in [1.54, 1.807) is 14.2 Å². The van der Waals surface area contributed by atoms with Gasteiger partial charge in [0.1, 0.15) is 14.0 Å². The van der Waals surface area contributed by atoms with Gasteiger partial charge >= 0.3 is 0 Å². The average Bonchev–Trinajstić information content (AvgIpc) is 3.16. The van der Waals surface area contributed by atoms with E-state index in [4.69, 9.17) is 41.1 Å². The van der Waals surface area contributed by atoms with Crippen LogP contribution >= 0.6 is 8.53 Å². The van der Waals surface area contributed by atoms with E-state index >= 15 is 0 Å². The summed E-state index contributed by atoms with van der Waals surface area (Å²) in [5.74, 6) is -0.311. The molecule has 0 aromatic carbocycles. The van der Waals surface area contributed by atoms with E-state index in [0.717, 1.165) is 0 Å².